The van der Waals surface area contributed by atoms with Crippen molar-refractivity contribution in [3.8, 4) is 11.3 Å². The predicted molar refractivity (Wildman–Crippen MR) is 173 cm³/mol. The third kappa shape index (κ3) is 8.78. The Balaban J connectivity index is 1.30. The molecule has 0 radical (unpaired) electrons. The number of nitrogens with one attached hydrogen (secondary N) is 3. The summed E-state index contributed by atoms with van der Waals surface area (Å²) in [6, 6.07) is 27.0. The zero-order chi connectivity index (χ0) is 33.4. The van der Waals surface area contributed by atoms with E-state index in [1.165, 1.54) is 12.1 Å². The van der Waals surface area contributed by atoms with Crippen LogP contribution in [0, 0.1) is 0 Å². The number of ether oxygens (including phenoxy) is 1. The van der Waals surface area contributed by atoms with Gasteiger partial charge in [0.1, 0.15) is 17.4 Å². The average molecular weight is 644 g/mol. The van der Waals surface area contributed by atoms with Gasteiger partial charge in [-0.1, -0.05) is 42.5 Å². The molecule has 242 valence electrons. The number of carbonyl (C=O) groups excluding carboxylic acids is 3. The van der Waals surface area contributed by atoms with Crippen molar-refractivity contribution in [2.75, 3.05) is 23.8 Å². The summed E-state index contributed by atoms with van der Waals surface area (Å²) in [5, 5.41) is 9.53. The van der Waals surface area contributed by atoms with Crippen LogP contribution in [0.4, 0.5) is 24.5 Å². The molecule has 0 saturated carbocycles. The summed E-state index contributed by atoms with van der Waals surface area (Å²) >= 11 is 0. The number of furan rings is 1. The Bertz CT molecular complexity index is 1800. The van der Waals surface area contributed by atoms with Crippen LogP contribution in [0.15, 0.2) is 108 Å². The fraction of sp³-hybridized carbons (Fsp3) is 0.194. The highest BCUT2D eigenvalue weighted by atomic mass is 19.4. The molecule has 0 spiro atoms. The molecule has 8 nitrogen and oxygen atoms in total. The molecule has 11 heteroatoms. The number of fused-ring (bicyclic) bond motifs is 1. The highest BCUT2D eigenvalue weighted by molar-refractivity contribution is 5.97. The van der Waals surface area contributed by atoms with E-state index < -0.39 is 29.7 Å². The van der Waals surface area contributed by atoms with E-state index in [0.29, 0.717) is 17.0 Å². The van der Waals surface area contributed by atoms with Gasteiger partial charge >= 0.3 is 12.1 Å². The number of rotatable bonds is 12. The Morgan fingerprint density at radius 2 is 1.53 bits per heavy atom. The summed E-state index contributed by atoms with van der Waals surface area (Å²) in [6.45, 7) is 2.09. The number of anilines is 2. The molecule has 0 unspecified atom stereocenters. The summed E-state index contributed by atoms with van der Waals surface area (Å²) < 4.78 is 49.9. The van der Waals surface area contributed by atoms with Crippen LogP contribution in [-0.4, -0.2) is 37.0 Å². The smallest absolute Gasteiger partial charge is 0.416 e. The highest BCUT2D eigenvalue weighted by Gasteiger charge is 2.30. The molecule has 0 aliphatic carbocycles. The van der Waals surface area contributed by atoms with Gasteiger partial charge in [0.2, 0.25) is 5.91 Å². The van der Waals surface area contributed by atoms with E-state index in [-0.39, 0.29) is 37.6 Å². The molecule has 1 heterocycles. The second-order valence-electron chi connectivity index (χ2n) is 10.7. The van der Waals surface area contributed by atoms with Gasteiger partial charge < -0.3 is 25.1 Å². The molecule has 0 aliphatic rings. The zero-order valence-electron chi connectivity index (χ0n) is 25.4. The van der Waals surface area contributed by atoms with E-state index in [0.717, 1.165) is 34.2 Å². The van der Waals surface area contributed by atoms with Crippen LogP contribution in [0.3, 0.4) is 0 Å². The first kappa shape index (κ1) is 32.8. The van der Waals surface area contributed by atoms with Crippen LogP contribution in [0.1, 0.15) is 34.8 Å². The SMILES string of the molecule is CCOC(=O)CCNC(=O)c1ccc(N[C@H](Cc2ccc(-c3cc4ccccc4o3)cc2)C(=O)Nc2ccc(C(F)(F)F)cc2)cc1. The molecular formula is C36H32F3N3O5. The Morgan fingerprint density at radius 1 is 0.851 bits per heavy atom. The van der Waals surface area contributed by atoms with E-state index in [2.05, 4.69) is 16.0 Å². The molecule has 5 aromatic rings. The fourth-order valence-electron chi connectivity index (χ4n) is 4.88. The Labute approximate surface area is 268 Å². The minimum atomic E-state index is -4.49. The van der Waals surface area contributed by atoms with E-state index in [1.807, 2.05) is 54.6 Å². The zero-order valence-corrected chi connectivity index (χ0v) is 25.4. The number of hydrogen-bond donors (Lipinski definition) is 3. The van der Waals surface area contributed by atoms with Crippen LogP contribution in [-0.2, 0) is 26.9 Å². The van der Waals surface area contributed by atoms with Crippen LogP contribution in [0.5, 0.6) is 0 Å². The van der Waals surface area contributed by atoms with Gasteiger partial charge in [0.25, 0.3) is 5.91 Å². The van der Waals surface area contributed by atoms with Crippen LogP contribution >= 0.6 is 0 Å². The van der Waals surface area contributed by atoms with Crippen molar-refractivity contribution >= 4 is 40.1 Å². The summed E-state index contributed by atoms with van der Waals surface area (Å²) in [5.41, 5.74) is 2.74. The lowest BCUT2D eigenvalue weighted by Crippen LogP contribution is -2.36. The quantitative estimate of drug-likeness (QED) is 0.122. The van der Waals surface area contributed by atoms with Crippen molar-refractivity contribution in [1.82, 2.24) is 5.32 Å². The van der Waals surface area contributed by atoms with Gasteiger partial charge in [-0.3, -0.25) is 14.4 Å². The molecular weight excluding hydrogens is 611 g/mol. The third-order valence-electron chi connectivity index (χ3n) is 7.31. The minimum absolute atomic E-state index is 0.0498. The van der Waals surface area contributed by atoms with Gasteiger partial charge in [0.05, 0.1) is 18.6 Å². The number of esters is 1. The van der Waals surface area contributed by atoms with Crippen molar-refractivity contribution in [1.29, 1.82) is 0 Å². The predicted octanol–water partition coefficient (Wildman–Crippen LogP) is 7.46. The molecule has 4 aromatic carbocycles. The summed E-state index contributed by atoms with van der Waals surface area (Å²) in [4.78, 5) is 37.5. The number of amides is 2. The molecule has 0 saturated heterocycles. The first-order valence-corrected chi connectivity index (χ1v) is 15.0. The van der Waals surface area contributed by atoms with Gasteiger partial charge in [-0.25, -0.2) is 0 Å². The normalized spacial score (nSPS) is 11.9. The number of hydrogen-bond acceptors (Lipinski definition) is 6. The first-order chi connectivity index (χ1) is 22.6. The third-order valence-corrected chi connectivity index (χ3v) is 7.31. The van der Waals surface area contributed by atoms with Crippen molar-refractivity contribution in [2.24, 2.45) is 0 Å². The number of alkyl halides is 3. The fourth-order valence-corrected chi connectivity index (χ4v) is 4.88. The number of carbonyl (C=O) groups is 3. The minimum Gasteiger partial charge on any atom is -0.466 e. The van der Waals surface area contributed by atoms with Crippen molar-refractivity contribution in [3.05, 3.63) is 120 Å². The molecule has 0 fully saturated rings. The maximum Gasteiger partial charge on any atom is 0.416 e. The molecule has 1 aromatic heterocycles. The second-order valence-corrected chi connectivity index (χ2v) is 10.7. The summed E-state index contributed by atoms with van der Waals surface area (Å²) in [5.74, 6) is -0.538. The Morgan fingerprint density at radius 3 is 2.19 bits per heavy atom. The molecule has 0 aliphatic heterocycles. The molecule has 3 N–H and O–H groups in total. The van der Waals surface area contributed by atoms with E-state index in [9.17, 15) is 27.6 Å². The lowest BCUT2D eigenvalue weighted by molar-refractivity contribution is -0.143. The monoisotopic (exact) mass is 643 g/mol. The van der Waals surface area contributed by atoms with E-state index >= 15 is 0 Å². The van der Waals surface area contributed by atoms with Crippen molar-refractivity contribution in [2.45, 2.75) is 32.0 Å². The molecule has 47 heavy (non-hydrogen) atoms. The Hall–Kier alpha value is -5.58. The highest BCUT2D eigenvalue weighted by Crippen LogP contribution is 2.30. The topological polar surface area (TPSA) is 110 Å². The lowest BCUT2D eigenvalue weighted by Gasteiger charge is -2.20. The number of para-hydroxylation sites is 1. The maximum absolute atomic E-state index is 13.5. The number of halogens is 3. The van der Waals surface area contributed by atoms with Crippen LogP contribution in [0.2, 0.25) is 0 Å². The average Bonchev–Trinajstić information content (AvgIpc) is 3.49. The van der Waals surface area contributed by atoms with Gasteiger partial charge in [-0.2, -0.15) is 13.2 Å². The van der Waals surface area contributed by atoms with E-state index in [4.69, 9.17) is 9.15 Å². The molecule has 1 atom stereocenters. The van der Waals surface area contributed by atoms with Gasteiger partial charge in [-0.05, 0) is 73.2 Å². The molecule has 0 bridgehead atoms. The van der Waals surface area contributed by atoms with Gasteiger partial charge in [-0.15, -0.1) is 0 Å². The van der Waals surface area contributed by atoms with Crippen LogP contribution in [0.25, 0.3) is 22.3 Å². The Kier molecular flexibility index (Phi) is 10.2. The molecule has 5 rings (SSSR count). The first-order valence-electron chi connectivity index (χ1n) is 15.0. The largest absolute Gasteiger partial charge is 0.466 e. The standard InChI is InChI=1S/C36H32F3N3O5/c1-2-46-33(43)19-20-40-34(44)25-11-15-28(16-12-25)41-30(35(45)42-29-17-13-27(14-18-29)36(37,38)39)21-23-7-9-24(10-8-23)32-22-26-5-3-4-6-31(26)47-32/h3-18,22,30,41H,2,19-21H2,1H3,(H,40,44)(H,42,45)/t30-/m1/s1. The second kappa shape index (κ2) is 14.7. The van der Waals surface area contributed by atoms with Crippen LogP contribution < -0.4 is 16.0 Å². The van der Waals surface area contributed by atoms with Gasteiger partial charge in [0, 0.05) is 40.9 Å². The van der Waals surface area contributed by atoms with Gasteiger partial charge in [0.15, 0.2) is 0 Å². The molecule has 2 amide bonds. The maximum atomic E-state index is 13.5. The number of benzene rings is 4. The van der Waals surface area contributed by atoms with Crippen molar-refractivity contribution in [3.63, 3.8) is 0 Å². The summed E-state index contributed by atoms with van der Waals surface area (Å²) in [6.07, 6.45) is -4.21. The van der Waals surface area contributed by atoms with Crippen molar-refractivity contribution < 1.29 is 36.7 Å². The lowest BCUT2D eigenvalue weighted by atomic mass is 10.0. The summed E-state index contributed by atoms with van der Waals surface area (Å²) in [7, 11) is 0. The van der Waals surface area contributed by atoms with E-state index in [1.54, 1.807) is 31.2 Å².